The Morgan fingerprint density at radius 3 is 2.66 bits per heavy atom. The van der Waals surface area contributed by atoms with Gasteiger partial charge in [0.1, 0.15) is 5.69 Å². The van der Waals surface area contributed by atoms with Gasteiger partial charge >= 0.3 is 6.18 Å². The van der Waals surface area contributed by atoms with Gasteiger partial charge in [-0.1, -0.05) is 6.07 Å². The molecule has 1 amide bonds. The molecule has 1 fully saturated rings. The maximum atomic E-state index is 13.3. The lowest BCUT2D eigenvalue weighted by atomic mass is 10.1. The molecular weight excluding hydrogens is 485 g/mol. The normalized spacial score (nSPS) is 17.7. The standard InChI is InChI=1S/C23H19F3N4O4S/c1-13-20-17(22(31)27-15-5-2-4-14(10-15)23(24,25)26)11-18(19-6-3-8-34-19)28-21(20)30(29-13)16-7-9-35(32,33)12-16/h2-6,8,10-11,16H,7,9,12H2,1H3,(H,27,31). The summed E-state index contributed by atoms with van der Waals surface area (Å²) in [4.78, 5) is 17.9. The number of carbonyl (C=O) groups excluding carboxylic acids is 1. The number of rotatable bonds is 4. The molecule has 12 heteroatoms. The van der Waals surface area contributed by atoms with Crippen molar-refractivity contribution >= 4 is 32.5 Å². The number of hydrogen-bond donors (Lipinski definition) is 1. The van der Waals surface area contributed by atoms with Crippen LogP contribution in [0.25, 0.3) is 22.5 Å². The van der Waals surface area contributed by atoms with Crippen molar-refractivity contribution in [1.82, 2.24) is 14.8 Å². The summed E-state index contributed by atoms with van der Waals surface area (Å²) in [6.07, 6.45) is -2.76. The molecule has 1 unspecified atom stereocenters. The van der Waals surface area contributed by atoms with E-state index in [1.54, 1.807) is 19.1 Å². The summed E-state index contributed by atoms with van der Waals surface area (Å²) in [6, 6.07) is 8.66. The van der Waals surface area contributed by atoms with Crippen LogP contribution >= 0.6 is 0 Å². The van der Waals surface area contributed by atoms with Crippen molar-refractivity contribution < 1.29 is 30.8 Å². The SMILES string of the molecule is Cc1nn(C2CCS(=O)(=O)C2)c2nc(-c3ccco3)cc(C(=O)Nc3cccc(C(F)(F)F)c3)c12. The number of pyridine rings is 1. The molecule has 0 spiro atoms. The smallest absolute Gasteiger partial charge is 0.416 e. The van der Waals surface area contributed by atoms with Gasteiger partial charge in [-0.2, -0.15) is 18.3 Å². The van der Waals surface area contributed by atoms with E-state index >= 15 is 0 Å². The highest BCUT2D eigenvalue weighted by Gasteiger charge is 2.33. The third-order valence-corrected chi connectivity index (χ3v) is 7.61. The number of hydrogen-bond acceptors (Lipinski definition) is 6. The molecule has 0 bridgehead atoms. The van der Waals surface area contributed by atoms with Gasteiger partial charge < -0.3 is 9.73 Å². The average molecular weight is 504 g/mol. The number of anilines is 1. The van der Waals surface area contributed by atoms with Crippen LogP contribution in [0.3, 0.4) is 0 Å². The number of aromatic nitrogens is 3. The van der Waals surface area contributed by atoms with E-state index in [4.69, 9.17) is 4.42 Å². The van der Waals surface area contributed by atoms with E-state index in [1.807, 2.05) is 0 Å². The van der Waals surface area contributed by atoms with Gasteiger partial charge in [0, 0.05) is 5.69 Å². The van der Waals surface area contributed by atoms with Crippen molar-refractivity contribution in [2.45, 2.75) is 25.6 Å². The molecule has 35 heavy (non-hydrogen) atoms. The van der Waals surface area contributed by atoms with Gasteiger partial charge in [0.15, 0.2) is 21.2 Å². The second kappa shape index (κ2) is 8.22. The summed E-state index contributed by atoms with van der Waals surface area (Å²) in [5, 5.41) is 7.39. The highest BCUT2D eigenvalue weighted by atomic mass is 32.2. The van der Waals surface area contributed by atoms with Gasteiger partial charge in [-0.05, 0) is 49.7 Å². The lowest BCUT2D eigenvalue weighted by Crippen LogP contribution is -2.15. The lowest BCUT2D eigenvalue weighted by molar-refractivity contribution is -0.137. The fraction of sp³-hybridized carbons (Fsp3) is 0.261. The lowest BCUT2D eigenvalue weighted by Gasteiger charge is -2.12. The molecule has 5 rings (SSSR count). The molecule has 1 aromatic carbocycles. The number of halogens is 3. The Morgan fingerprint density at radius 1 is 1.20 bits per heavy atom. The van der Waals surface area contributed by atoms with Crippen LogP contribution in [-0.2, 0) is 16.0 Å². The predicted octanol–water partition coefficient (Wildman–Crippen LogP) is 4.63. The van der Waals surface area contributed by atoms with Crippen molar-refractivity contribution in [3.63, 3.8) is 0 Å². The van der Waals surface area contributed by atoms with Gasteiger partial charge in [-0.25, -0.2) is 18.1 Å². The van der Waals surface area contributed by atoms with Crippen LogP contribution in [0, 0.1) is 6.92 Å². The van der Waals surface area contributed by atoms with Crippen LogP contribution in [0.5, 0.6) is 0 Å². The van der Waals surface area contributed by atoms with Gasteiger partial charge in [0.05, 0.1) is 46.0 Å². The maximum Gasteiger partial charge on any atom is 0.416 e. The number of carbonyl (C=O) groups is 1. The molecule has 0 radical (unpaired) electrons. The number of sulfone groups is 1. The van der Waals surface area contributed by atoms with E-state index in [0.29, 0.717) is 34.6 Å². The summed E-state index contributed by atoms with van der Waals surface area (Å²) >= 11 is 0. The van der Waals surface area contributed by atoms with Crippen LogP contribution in [0.2, 0.25) is 0 Å². The molecule has 4 heterocycles. The third kappa shape index (κ3) is 4.41. The van der Waals surface area contributed by atoms with E-state index in [1.165, 1.54) is 29.1 Å². The highest BCUT2D eigenvalue weighted by molar-refractivity contribution is 7.91. The summed E-state index contributed by atoms with van der Waals surface area (Å²) in [6.45, 7) is 1.66. The number of nitrogens with one attached hydrogen (secondary N) is 1. The summed E-state index contributed by atoms with van der Waals surface area (Å²) in [5.41, 5.74) is 0.256. The second-order valence-corrected chi connectivity index (χ2v) is 10.6. The van der Waals surface area contributed by atoms with Crippen molar-refractivity contribution in [1.29, 1.82) is 0 Å². The monoisotopic (exact) mass is 504 g/mol. The minimum absolute atomic E-state index is 0.0266. The fourth-order valence-electron chi connectivity index (χ4n) is 4.24. The van der Waals surface area contributed by atoms with E-state index in [9.17, 15) is 26.4 Å². The minimum Gasteiger partial charge on any atom is -0.463 e. The summed E-state index contributed by atoms with van der Waals surface area (Å²) in [7, 11) is -3.22. The molecule has 182 valence electrons. The first kappa shape index (κ1) is 23.1. The molecule has 1 aliphatic rings. The van der Waals surface area contributed by atoms with Crippen molar-refractivity contribution in [2.75, 3.05) is 16.8 Å². The number of alkyl halides is 3. The van der Waals surface area contributed by atoms with E-state index in [-0.39, 0.29) is 22.8 Å². The van der Waals surface area contributed by atoms with E-state index in [0.717, 1.165) is 12.1 Å². The van der Waals surface area contributed by atoms with Gasteiger partial charge in [-0.15, -0.1) is 0 Å². The zero-order chi connectivity index (χ0) is 25.0. The molecule has 1 atom stereocenters. The number of furan rings is 1. The van der Waals surface area contributed by atoms with Gasteiger partial charge in [0.2, 0.25) is 0 Å². The molecule has 1 saturated heterocycles. The highest BCUT2D eigenvalue weighted by Crippen LogP contribution is 2.34. The zero-order valence-corrected chi connectivity index (χ0v) is 19.2. The van der Waals surface area contributed by atoms with Crippen molar-refractivity contribution in [2.24, 2.45) is 0 Å². The zero-order valence-electron chi connectivity index (χ0n) is 18.3. The molecule has 1 aliphatic heterocycles. The topological polar surface area (TPSA) is 107 Å². The van der Waals surface area contributed by atoms with Crippen molar-refractivity contribution in [3.8, 4) is 11.5 Å². The Bertz CT molecular complexity index is 1540. The molecule has 0 aliphatic carbocycles. The average Bonchev–Trinajstić information content (AvgIpc) is 3.52. The van der Waals surface area contributed by atoms with E-state index < -0.39 is 33.5 Å². The molecule has 8 nitrogen and oxygen atoms in total. The summed E-state index contributed by atoms with van der Waals surface area (Å²) < 4.78 is 70.4. The molecular formula is C23H19F3N4O4S. The fourth-order valence-corrected chi connectivity index (χ4v) is 5.93. The quantitative estimate of drug-likeness (QED) is 0.434. The molecule has 1 N–H and O–H groups in total. The number of aryl methyl sites for hydroxylation is 1. The van der Waals surface area contributed by atoms with Gasteiger partial charge in [0.25, 0.3) is 5.91 Å². The third-order valence-electron chi connectivity index (χ3n) is 5.86. The summed E-state index contributed by atoms with van der Waals surface area (Å²) in [5.74, 6) is -0.365. The van der Waals surface area contributed by atoms with Crippen LogP contribution < -0.4 is 5.32 Å². The van der Waals surface area contributed by atoms with Gasteiger partial charge in [-0.3, -0.25) is 4.79 Å². The largest absolute Gasteiger partial charge is 0.463 e. The Kier molecular flexibility index (Phi) is 5.42. The molecule has 0 saturated carbocycles. The van der Waals surface area contributed by atoms with Crippen LogP contribution in [0.4, 0.5) is 18.9 Å². The first-order valence-electron chi connectivity index (χ1n) is 10.6. The Hall–Kier alpha value is -3.67. The van der Waals surface area contributed by atoms with Crippen LogP contribution in [0.1, 0.15) is 34.1 Å². The Morgan fingerprint density at radius 2 is 2.00 bits per heavy atom. The molecule has 4 aromatic rings. The van der Waals surface area contributed by atoms with E-state index in [2.05, 4.69) is 15.4 Å². The number of nitrogens with zero attached hydrogens (tertiary/aromatic N) is 3. The van der Waals surface area contributed by atoms with Crippen LogP contribution in [-0.4, -0.2) is 40.6 Å². The first-order valence-corrected chi connectivity index (χ1v) is 12.5. The Labute approximate surface area is 197 Å². The minimum atomic E-state index is -4.56. The predicted molar refractivity (Wildman–Crippen MR) is 122 cm³/mol. The van der Waals surface area contributed by atoms with Crippen molar-refractivity contribution in [3.05, 3.63) is 65.5 Å². The number of fused-ring (bicyclic) bond motifs is 1. The number of benzene rings is 1. The first-order chi connectivity index (χ1) is 16.5. The second-order valence-electron chi connectivity index (χ2n) is 8.35. The number of amides is 1. The van der Waals surface area contributed by atoms with Crippen LogP contribution in [0.15, 0.2) is 53.1 Å². The maximum absolute atomic E-state index is 13.3. The molecule has 3 aromatic heterocycles. The Balaban J connectivity index is 1.62.